The van der Waals surface area contributed by atoms with Gasteiger partial charge in [0.2, 0.25) is 0 Å². The molecule has 6 nitrogen and oxygen atoms in total. The van der Waals surface area contributed by atoms with Gasteiger partial charge >= 0.3 is 0 Å². The second kappa shape index (κ2) is 9.27. The molecule has 31 heavy (non-hydrogen) atoms. The van der Waals surface area contributed by atoms with Crippen molar-refractivity contribution in [3.8, 4) is 0 Å². The summed E-state index contributed by atoms with van der Waals surface area (Å²) in [5, 5.41) is 10.7. The van der Waals surface area contributed by atoms with Crippen LogP contribution in [0.5, 0.6) is 0 Å². The Balaban J connectivity index is 1.38. The highest BCUT2D eigenvalue weighted by Crippen LogP contribution is 2.31. The Morgan fingerprint density at radius 3 is 2.81 bits per heavy atom. The Labute approximate surface area is 192 Å². The third-order valence-electron chi connectivity index (χ3n) is 6.56. The van der Waals surface area contributed by atoms with E-state index >= 15 is 0 Å². The first-order valence-electron chi connectivity index (χ1n) is 11.4. The van der Waals surface area contributed by atoms with Crippen LogP contribution in [0.3, 0.4) is 0 Å². The lowest BCUT2D eigenvalue weighted by molar-refractivity contribution is -0.0367. The molecule has 0 amide bonds. The third kappa shape index (κ3) is 4.49. The van der Waals surface area contributed by atoms with Crippen molar-refractivity contribution in [3.63, 3.8) is 0 Å². The molecule has 0 radical (unpaired) electrons. The highest BCUT2D eigenvalue weighted by atomic mass is 79.9. The van der Waals surface area contributed by atoms with Crippen molar-refractivity contribution < 1.29 is 4.74 Å². The first kappa shape index (κ1) is 20.9. The Bertz CT molecular complexity index is 1060. The van der Waals surface area contributed by atoms with E-state index in [1.807, 2.05) is 6.20 Å². The standard InChI is InChI=1S/C24H30BrN5O/c1-2-28-12-10-20(11-13-28)29-17-18(16-26-29)6-8-22-21-15-19(25)7-9-23(21)30(27-22)24-5-3-4-14-31-24/h6-9,15-17,20,24H,2-5,10-14H2,1H3/b8-6+. The minimum absolute atomic E-state index is 0.0244. The van der Waals surface area contributed by atoms with Crippen molar-refractivity contribution in [2.24, 2.45) is 0 Å². The Hall–Kier alpha value is -1.96. The topological polar surface area (TPSA) is 48.1 Å². The van der Waals surface area contributed by atoms with Gasteiger partial charge in [-0.15, -0.1) is 0 Å². The molecular weight excluding hydrogens is 454 g/mol. The minimum Gasteiger partial charge on any atom is -0.356 e. The van der Waals surface area contributed by atoms with Gasteiger partial charge in [-0.25, -0.2) is 4.68 Å². The fraction of sp³-hybridized carbons (Fsp3) is 0.500. The van der Waals surface area contributed by atoms with Gasteiger partial charge in [0.1, 0.15) is 0 Å². The van der Waals surface area contributed by atoms with Crippen LogP contribution in [0.1, 0.15) is 62.6 Å². The van der Waals surface area contributed by atoms with Crippen molar-refractivity contribution in [1.29, 1.82) is 0 Å². The number of halogens is 1. The van der Waals surface area contributed by atoms with Gasteiger partial charge in [0.05, 0.1) is 23.4 Å². The van der Waals surface area contributed by atoms with E-state index in [1.54, 1.807) is 0 Å². The van der Waals surface area contributed by atoms with E-state index in [9.17, 15) is 0 Å². The van der Waals surface area contributed by atoms with Gasteiger partial charge < -0.3 is 9.64 Å². The number of benzene rings is 1. The van der Waals surface area contributed by atoms with Crippen LogP contribution in [0.4, 0.5) is 0 Å². The molecule has 1 aromatic carbocycles. The van der Waals surface area contributed by atoms with Crippen molar-refractivity contribution >= 4 is 39.0 Å². The highest BCUT2D eigenvalue weighted by Gasteiger charge is 2.21. The summed E-state index contributed by atoms with van der Waals surface area (Å²) < 4.78 is 11.3. The fourth-order valence-electron chi connectivity index (χ4n) is 4.71. The van der Waals surface area contributed by atoms with Crippen LogP contribution in [0.25, 0.3) is 23.1 Å². The predicted molar refractivity (Wildman–Crippen MR) is 128 cm³/mol. The zero-order valence-corrected chi connectivity index (χ0v) is 19.7. The average Bonchev–Trinajstić information content (AvgIpc) is 3.43. The van der Waals surface area contributed by atoms with E-state index in [2.05, 4.69) is 78.8 Å². The molecule has 2 saturated heterocycles. The van der Waals surface area contributed by atoms with Crippen molar-refractivity contribution in [3.05, 3.63) is 46.3 Å². The molecule has 4 heterocycles. The molecular formula is C24H30BrN5O. The first-order chi connectivity index (χ1) is 15.2. The molecule has 2 aliphatic heterocycles. The molecule has 5 rings (SSSR count). The lowest BCUT2D eigenvalue weighted by Gasteiger charge is -2.31. The van der Waals surface area contributed by atoms with Crippen LogP contribution in [0.2, 0.25) is 0 Å². The van der Waals surface area contributed by atoms with Crippen LogP contribution in [-0.4, -0.2) is 50.7 Å². The lowest BCUT2D eigenvalue weighted by atomic mass is 10.1. The van der Waals surface area contributed by atoms with Gasteiger partial charge in [0.15, 0.2) is 6.23 Å². The van der Waals surface area contributed by atoms with Crippen molar-refractivity contribution in [2.75, 3.05) is 26.2 Å². The summed E-state index contributed by atoms with van der Waals surface area (Å²) in [6.45, 7) is 6.51. The Kier molecular flexibility index (Phi) is 6.25. The largest absolute Gasteiger partial charge is 0.356 e. The Morgan fingerprint density at radius 1 is 1.16 bits per heavy atom. The molecule has 2 fully saturated rings. The Morgan fingerprint density at radius 2 is 2.03 bits per heavy atom. The number of hydrogen-bond donors (Lipinski definition) is 0. The summed E-state index contributed by atoms with van der Waals surface area (Å²) in [5.74, 6) is 0. The quantitative estimate of drug-likeness (QED) is 0.479. The van der Waals surface area contributed by atoms with E-state index in [1.165, 1.54) is 19.3 Å². The molecule has 1 unspecified atom stereocenters. The maximum absolute atomic E-state index is 6.01. The molecule has 3 aromatic rings. The van der Waals surface area contributed by atoms with Crippen LogP contribution in [0.15, 0.2) is 35.1 Å². The zero-order valence-electron chi connectivity index (χ0n) is 18.1. The molecule has 1 atom stereocenters. The van der Waals surface area contributed by atoms with E-state index in [4.69, 9.17) is 9.84 Å². The number of piperidine rings is 1. The summed E-state index contributed by atoms with van der Waals surface area (Å²) in [6, 6.07) is 6.85. The summed E-state index contributed by atoms with van der Waals surface area (Å²) in [4.78, 5) is 2.51. The molecule has 0 N–H and O–H groups in total. The fourth-order valence-corrected chi connectivity index (χ4v) is 5.07. The molecule has 7 heteroatoms. The minimum atomic E-state index is 0.0244. The number of hydrogen-bond acceptors (Lipinski definition) is 4. The average molecular weight is 484 g/mol. The molecule has 0 aliphatic carbocycles. The third-order valence-corrected chi connectivity index (χ3v) is 7.05. The summed E-state index contributed by atoms with van der Waals surface area (Å²) in [5.41, 5.74) is 3.20. The highest BCUT2D eigenvalue weighted by molar-refractivity contribution is 9.10. The molecule has 2 aromatic heterocycles. The van der Waals surface area contributed by atoms with Gasteiger partial charge in [-0.3, -0.25) is 4.68 Å². The van der Waals surface area contributed by atoms with Gasteiger partial charge in [0.25, 0.3) is 0 Å². The second-order valence-electron chi connectivity index (χ2n) is 8.56. The molecule has 0 saturated carbocycles. The SMILES string of the molecule is CCN1CCC(n2cc(/C=C/c3nn(C4CCCCO4)c4ccc(Br)cc34)cn2)CC1. The maximum atomic E-state index is 6.01. The molecule has 164 valence electrons. The van der Waals surface area contributed by atoms with Crippen LogP contribution >= 0.6 is 15.9 Å². The smallest absolute Gasteiger partial charge is 0.150 e. The number of ether oxygens (including phenoxy) is 1. The molecule has 2 aliphatic rings. The maximum Gasteiger partial charge on any atom is 0.150 e. The summed E-state index contributed by atoms with van der Waals surface area (Å²) in [7, 11) is 0. The number of aromatic nitrogens is 4. The van der Waals surface area contributed by atoms with Crippen molar-refractivity contribution in [1.82, 2.24) is 24.5 Å². The van der Waals surface area contributed by atoms with Gasteiger partial charge in [0, 0.05) is 41.3 Å². The molecule has 0 bridgehead atoms. The number of fused-ring (bicyclic) bond motifs is 1. The normalized spacial score (nSPS) is 21.4. The first-order valence-corrected chi connectivity index (χ1v) is 12.2. The van der Waals surface area contributed by atoms with Crippen LogP contribution < -0.4 is 0 Å². The van der Waals surface area contributed by atoms with Crippen LogP contribution in [-0.2, 0) is 4.74 Å². The van der Waals surface area contributed by atoms with E-state index < -0.39 is 0 Å². The van der Waals surface area contributed by atoms with Gasteiger partial charge in [-0.2, -0.15) is 10.2 Å². The molecule has 0 spiro atoms. The zero-order chi connectivity index (χ0) is 21.2. The van der Waals surface area contributed by atoms with Gasteiger partial charge in [-0.05, 0) is 69.0 Å². The van der Waals surface area contributed by atoms with E-state index in [-0.39, 0.29) is 6.23 Å². The van der Waals surface area contributed by atoms with E-state index in [0.29, 0.717) is 6.04 Å². The van der Waals surface area contributed by atoms with Crippen LogP contribution in [0, 0.1) is 0 Å². The van der Waals surface area contributed by atoms with E-state index in [0.717, 1.165) is 65.7 Å². The lowest BCUT2D eigenvalue weighted by Crippen LogP contribution is -2.34. The second-order valence-corrected chi connectivity index (χ2v) is 9.48. The van der Waals surface area contributed by atoms with Gasteiger partial charge in [-0.1, -0.05) is 22.9 Å². The summed E-state index contributed by atoms with van der Waals surface area (Å²) >= 11 is 3.62. The monoisotopic (exact) mass is 483 g/mol. The predicted octanol–water partition coefficient (Wildman–Crippen LogP) is 5.52. The number of likely N-dealkylation sites (tertiary alicyclic amines) is 1. The summed E-state index contributed by atoms with van der Waals surface area (Å²) in [6.07, 6.45) is 14.1. The van der Waals surface area contributed by atoms with Crippen molar-refractivity contribution in [2.45, 2.75) is 51.3 Å². The number of rotatable bonds is 5. The number of nitrogens with zero attached hydrogens (tertiary/aromatic N) is 5.